The first-order valence-electron chi connectivity index (χ1n) is 6.53. The number of benzene rings is 1. The zero-order chi connectivity index (χ0) is 14.6. The van der Waals surface area contributed by atoms with Crippen molar-refractivity contribution in [1.82, 2.24) is 4.90 Å². The van der Waals surface area contributed by atoms with Crippen LogP contribution in [0.3, 0.4) is 0 Å². The summed E-state index contributed by atoms with van der Waals surface area (Å²) < 4.78 is 5.33. The Morgan fingerprint density at radius 3 is 2.42 bits per heavy atom. The van der Waals surface area contributed by atoms with Crippen LogP contribution in [0.2, 0.25) is 0 Å². The fourth-order valence-electron chi connectivity index (χ4n) is 2.30. The van der Waals surface area contributed by atoms with E-state index >= 15 is 0 Å². The van der Waals surface area contributed by atoms with Gasteiger partial charge in [0.05, 0.1) is 18.6 Å². The Kier molecular flexibility index (Phi) is 4.97. The van der Waals surface area contributed by atoms with Crippen LogP contribution in [0.15, 0.2) is 12.1 Å². The number of hydrogen-bond donors (Lipinski definition) is 0. The van der Waals surface area contributed by atoms with Crippen LogP contribution in [0.5, 0.6) is 5.75 Å². The molecular weight excluding hydrogens is 236 g/mol. The summed E-state index contributed by atoms with van der Waals surface area (Å²) in [6, 6.07) is 6.46. The summed E-state index contributed by atoms with van der Waals surface area (Å²) in [5, 5.41) is 9.08. The lowest BCUT2D eigenvalue weighted by molar-refractivity contribution is 0.248. The number of nitrogens with zero attached hydrogens (tertiary/aromatic N) is 2. The maximum Gasteiger partial charge on any atom is 0.122 e. The third kappa shape index (κ3) is 3.97. The highest BCUT2D eigenvalue weighted by Gasteiger charge is 2.19. The van der Waals surface area contributed by atoms with Crippen LogP contribution in [0.4, 0.5) is 0 Å². The Balaban J connectivity index is 2.84. The lowest BCUT2D eigenvalue weighted by atomic mass is 9.94. The number of nitriles is 1. The smallest absolute Gasteiger partial charge is 0.122 e. The second-order valence-corrected chi connectivity index (χ2v) is 5.84. The molecule has 0 aliphatic carbocycles. The van der Waals surface area contributed by atoms with E-state index in [1.165, 1.54) is 16.7 Å². The summed E-state index contributed by atoms with van der Waals surface area (Å²) in [7, 11) is 3.75. The van der Waals surface area contributed by atoms with Crippen molar-refractivity contribution >= 4 is 0 Å². The number of ether oxygens (including phenoxy) is 1. The molecule has 0 atom stereocenters. The van der Waals surface area contributed by atoms with Gasteiger partial charge in [0.1, 0.15) is 5.75 Å². The molecule has 0 fully saturated rings. The van der Waals surface area contributed by atoms with Crippen LogP contribution in [-0.4, -0.2) is 25.6 Å². The molecule has 19 heavy (non-hydrogen) atoms. The van der Waals surface area contributed by atoms with Crippen LogP contribution in [-0.2, 0) is 6.54 Å². The molecule has 0 saturated carbocycles. The zero-order valence-electron chi connectivity index (χ0n) is 12.9. The van der Waals surface area contributed by atoms with Crippen LogP contribution in [0.25, 0.3) is 0 Å². The lowest BCUT2D eigenvalue weighted by Crippen LogP contribution is -2.30. The Bertz CT molecular complexity index is 486. The number of rotatable bonds is 5. The van der Waals surface area contributed by atoms with Crippen molar-refractivity contribution in [3.63, 3.8) is 0 Å². The van der Waals surface area contributed by atoms with Crippen molar-refractivity contribution in [3.05, 3.63) is 28.8 Å². The van der Waals surface area contributed by atoms with Crippen LogP contribution >= 0.6 is 0 Å². The molecule has 1 aromatic carbocycles. The Morgan fingerprint density at radius 2 is 1.89 bits per heavy atom. The first kappa shape index (κ1) is 15.5. The van der Waals surface area contributed by atoms with Gasteiger partial charge in [-0.05, 0) is 57.5 Å². The quantitative estimate of drug-likeness (QED) is 0.815. The molecule has 3 nitrogen and oxygen atoms in total. The van der Waals surface area contributed by atoms with Gasteiger partial charge in [0.25, 0.3) is 0 Å². The fraction of sp³-hybridized carbons (Fsp3) is 0.562. The first-order chi connectivity index (χ1) is 8.80. The molecule has 1 rings (SSSR count). The SMILES string of the molecule is COc1ccc(CN(C)CC(C)(C)C#N)c(C)c1C. The van der Waals surface area contributed by atoms with E-state index in [9.17, 15) is 0 Å². The van der Waals surface area contributed by atoms with Crippen molar-refractivity contribution in [2.45, 2.75) is 34.2 Å². The maximum atomic E-state index is 9.08. The van der Waals surface area contributed by atoms with Crippen molar-refractivity contribution in [2.75, 3.05) is 20.7 Å². The monoisotopic (exact) mass is 260 g/mol. The largest absolute Gasteiger partial charge is 0.496 e. The van der Waals surface area contributed by atoms with E-state index in [-0.39, 0.29) is 5.41 Å². The van der Waals surface area contributed by atoms with Crippen molar-refractivity contribution in [3.8, 4) is 11.8 Å². The molecule has 0 aromatic heterocycles. The third-order valence-electron chi connectivity index (χ3n) is 3.48. The normalized spacial score (nSPS) is 11.5. The highest BCUT2D eigenvalue weighted by atomic mass is 16.5. The molecule has 1 aromatic rings. The minimum absolute atomic E-state index is 0.315. The van der Waals surface area contributed by atoms with Gasteiger partial charge in [0, 0.05) is 13.1 Å². The molecule has 0 unspecified atom stereocenters. The average Bonchev–Trinajstić information content (AvgIpc) is 2.35. The van der Waals surface area contributed by atoms with Gasteiger partial charge < -0.3 is 9.64 Å². The zero-order valence-corrected chi connectivity index (χ0v) is 12.9. The van der Waals surface area contributed by atoms with E-state index in [0.717, 1.165) is 18.8 Å². The molecule has 0 aliphatic rings. The first-order valence-corrected chi connectivity index (χ1v) is 6.53. The Labute approximate surface area is 116 Å². The van der Waals surface area contributed by atoms with E-state index in [4.69, 9.17) is 10.00 Å². The third-order valence-corrected chi connectivity index (χ3v) is 3.48. The summed E-state index contributed by atoms with van der Waals surface area (Å²) in [5.41, 5.74) is 3.42. The predicted molar refractivity (Wildman–Crippen MR) is 78.2 cm³/mol. The van der Waals surface area contributed by atoms with E-state index in [2.05, 4.69) is 37.9 Å². The highest BCUT2D eigenvalue weighted by molar-refractivity contribution is 5.43. The molecule has 3 heteroatoms. The fourth-order valence-corrected chi connectivity index (χ4v) is 2.30. The standard InChI is InChI=1S/C16H24N2O/c1-12-13(2)15(19-6)8-7-14(12)9-18(5)11-16(3,4)10-17/h7-8H,9,11H2,1-6H3. The molecule has 0 N–H and O–H groups in total. The van der Waals surface area contributed by atoms with Crippen molar-refractivity contribution in [1.29, 1.82) is 5.26 Å². The van der Waals surface area contributed by atoms with E-state index < -0.39 is 0 Å². The topological polar surface area (TPSA) is 36.3 Å². The molecule has 0 bridgehead atoms. The van der Waals surface area contributed by atoms with Crippen molar-refractivity contribution in [2.24, 2.45) is 5.41 Å². The van der Waals surface area contributed by atoms with Gasteiger partial charge in [-0.25, -0.2) is 0 Å². The maximum absolute atomic E-state index is 9.08. The second kappa shape index (κ2) is 6.08. The summed E-state index contributed by atoms with van der Waals surface area (Å²) in [5.74, 6) is 0.932. The van der Waals surface area contributed by atoms with Crippen LogP contribution in [0.1, 0.15) is 30.5 Å². The van der Waals surface area contributed by atoms with Gasteiger partial charge in [0.15, 0.2) is 0 Å². The van der Waals surface area contributed by atoms with Crippen LogP contribution in [0, 0.1) is 30.6 Å². The van der Waals surface area contributed by atoms with Gasteiger partial charge in [-0.2, -0.15) is 5.26 Å². The number of methoxy groups -OCH3 is 1. The van der Waals surface area contributed by atoms with E-state index in [1.54, 1.807) is 7.11 Å². The molecular formula is C16H24N2O. The lowest BCUT2D eigenvalue weighted by Gasteiger charge is -2.25. The molecule has 104 valence electrons. The van der Waals surface area contributed by atoms with E-state index in [1.807, 2.05) is 19.9 Å². The second-order valence-electron chi connectivity index (χ2n) is 5.84. The van der Waals surface area contributed by atoms with Gasteiger partial charge in [0.2, 0.25) is 0 Å². The summed E-state index contributed by atoms with van der Waals surface area (Å²) in [6.45, 7) is 9.74. The van der Waals surface area contributed by atoms with Crippen LogP contribution < -0.4 is 4.74 Å². The molecule has 0 amide bonds. The molecule has 0 heterocycles. The van der Waals surface area contributed by atoms with Gasteiger partial charge in [-0.3, -0.25) is 0 Å². The van der Waals surface area contributed by atoms with Gasteiger partial charge >= 0.3 is 0 Å². The summed E-state index contributed by atoms with van der Waals surface area (Å²) in [4.78, 5) is 2.19. The van der Waals surface area contributed by atoms with E-state index in [0.29, 0.717) is 0 Å². The number of hydrogen-bond acceptors (Lipinski definition) is 3. The summed E-state index contributed by atoms with van der Waals surface area (Å²) >= 11 is 0. The Hall–Kier alpha value is -1.53. The molecule has 0 saturated heterocycles. The van der Waals surface area contributed by atoms with Gasteiger partial charge in [-0.15, -0.1) is 0 Å². The average molecular weight is 260 g/mol. The molecule has 0 spiro atoms. The van der Waals surface area contributed by atoms with Gasteiger partial charge in [-0.1, -0.05) is 6.07 Å². The predicted octanol–water partition coefficient (Wildman–Crippen LogP) is 3.29. The summed E-state index contributed by atoms with van der Waals surface area (Å²) in [6.07, 6.45) is 0. The minimum Gasteiger partial charge on any atom is -0.496 e. The minimum atomic E-state index is -0.315. The van der Waals surface area contributed by atoms with Crippen molar-refractivity contribution < 1.29 is 4.74 Å². The Morgan fingerprint density at radius 1 is 1.26 bits per heavy atom. The molecule has 0 radical (unpaired) electrons. The molecule has 0 aliphatic heterocycles. The highest BCUT2D eigenvalue weighted by Crippen LogP contribution is 2.25.